The smallest absolute Gasteiger partial charge is 0.334 e. The Labute approximate surface area is 105 Å². The van der Waals surface area contributed by atoms with Crippen LogP contribution in [-0.4, -0.2) is 80.3 Å². The fourth-order valence-electron chi connectivity index (χ4n) is 1.10. The van der Waals surface area contributed by atoms with E-state index in [9.17, 15) is 9.59 Å². The molecule has 0 saturated carbocycles. The molecule has 1 atom stereocenters. The topological polar surface area (TPSA) is 108 Å². The number of amides is 2. The van der Waals surface area contributed by atoms with Crippen LogP contribution in [0, 0.1) is 0 Å². The van der Waals surface area contributed by atoms with Crippen molar-refractivity contribution in [3.8, 4) is 0 Å². The van der Waals surface area contributed by atoms with E-state index in [4.69, 9.17) is 19.7 Å². The predicted molar refractivity (Wildman–Crippen MR) is 62.4 cm³/mol. The van der Waals surface area contributed by atoms with Gasteiger partial charge >= 0.3 is 12.0 Å². The summed E-state index contributed by atoms with van der Waals surface area (Å²) in [7, 11) is 3.03. The Morgan fingerprint density at radius 2 is 1.72 bits per heavy atom. The van der Waals surface area contributed by atoms with Crippen LogP contribution in [0.25, 0.3) is 0 Å². The molecular weight excluding hydrogens is 244 g/mol. The van der Waals surface area contributed by atoms with Gasteiger partial charge in [0.05, 0.1) is 19.8 Å². The molecule has 0 radical (unpaired) electrons. The molecule has 0 aliphatic carbocycles. The normalized spacial score (nSPS) is 11.9. The van der Waals surface area contributed by atoms with Crippen molar-refractivity contribution in [1.82, 2.24) is 10.2 Å². The number of carbonyl (C=O) groups excluding carboxylic acids is 1. The fraction of sp³-hybridized carbons (Fsp3) is 0.800. The Kier molecular flexibility index (Phi) is 8.89. The summed E-state index contributed by atoms with van der Waals surface area (Å²) >= 11 is 0. The van der Waals surface area contributed by atoms with Crippen molar-refractivity contribution in [2.45, 2.75) is 6.10 Å². The molecule has 8 nitrogen and oxygen atoms in total. The Bertz CT molecular complexity index is 253. The minimum absolute atomic E-state index is 0.343. The van der Waals surface area contributed by atoms with Gasteiger partial charge in [0.2, 0.25) is 0 Å². The number of aliphatic hydroxyl groups excluding tert-OH is 1. The molecule has 106 valence electrons. The minimum atomic E-state index is -1.61. The number of ether oxygens (including phenoxy) is 2. The molecule has 0 aromatic rings. The maximum atomic E-state index is 11.7. The quantitative estimate of drug-likeness (QED) is 0.479. The van der Waals surface area contributed by atoms with Gasteiger partial charge in [0.15, 0.2) is 6.10 Å². The number of carboxylic acid groups (broad SMARTS) is 1. The standard InChI is InChI=1S/C10H20N2O6/c1-17-5-3-12(4-6-18-2)10(16)11-7-8(13)9(14)15/h8,13H,3-7H2,1-2H3,(H,11,16)(H,14,15). The lowest BCUT2D eigenvalue weighted by atomic mass is 10.3. The van der Waals surface area contributed by atoms with Crippen molar-refractivity contribution in [2.75, 3.05) is 47.1 Å². The first-order valence-corrected chi connectivity index (χ1v) is 5.44. The van der Waals surface area contributed by atoms with Gasteiger partial charge < -0.3 is 29.9 Å². The molecule has 0 aliphatic heterocycles. The number of rotatable bonds is 9. The molecule has 0 heterocycles. The zero-order valence-corrected chi connectivity index (χ0v) is 10.6. The fourth-order valence-corrected chi connectivity index (χ4v) is 1.10. The van der Waals surface area contributed by atoms with Gasteiger partial charge in [-0.3, -0.25) is 0 Å². The highest BCUT2D eigenvalue weighted by atomic mass is 16.5. The SMILES string of the molecule is COCCN(CCOC)C(=O)NCC(O)C(=O)O. The summed E-state index contributed by atoms with van der Waals surface area (Å²) in [4.78, 5) is 23.5. The van der Waals surface area contributed by atoms with Crippen molar-refractivity contribution in [1.29, 1.82) is 0 Å². The van der Waals surface area contributed by atoms with Crippen molar-refractivity contribution >= 4 is 12.0 Å². The summed E-state index contributed by atoms with van der Waals surface area (Å²) in [6.07, 6.45) is -1.61. The summed E-state index contributed by atoms with van der Waals surface area (Å²) in [6.45, 7) is 1.09. The van der Waals surface area contributed by atoms with Gasteiger partial charge in [0, 0.05) is 27.3 Å². The molecular formula is C10H20N2O6. The van der Waals surface area contributed by atoms with E-state index in [-0.39, 0.29) is 6.54 Å². The first-order valence-electron chi connectivity index (χ1n) is 5.44. The molecule has 0 rings (SSSR count). The van der Waals surface area contributed by atoms with Gasteiger partial charge in [0.25, 0.3) is 0 Å². The van der Waals surface area contributed by atoms with Gasteiger partial charge in [-0.2, -0.15) is 0 Å². The Hall–Kier alpha value is -1.38. The van der Waals surface area contributed by atoms with Crippen LogP contribution in [0.3, 0.4) is 0 Å². The summed E-state index contributed by atoms with van der Waals surface area (Å²) in [5.74, 6) is -1.38. The summed E-state index contributed by atoms with van der Waals surface area (Å²) in [5, 5.41) is 19.8. The highest BCUT2D eigenvalue weighted by Crippen LogP contribution is 1.91. The lowest BCUT2D eigenvalue weighted by Gasteiger charge is -2.22. The Morgan fingerprint density at radius 1 is 1.22 bits per heavy atom. The third-order valence-corrected chi connectivity index (χ3v) is 2.15. The van der Waals surface area contributed by atoms with Crippen LogP contribution in [0.1, 0.15) is 0 Å². The van der Waals surface area contributed by atoms with E-state index in [2.05, 4.69) is 5.32 Å². The number of hydrogen-bond acceptors (Lipinski definition) is 5. The maximum absolute atomic E-state index is 11.7. The maximum Gasteiger partial charge on any atom is 0.334 e. The molecule has 2 amide bonds. The van der Waals surface area contributed by atoms with Crippen LogP contribution in [0.2, 0.25) is 0 Å². The second-order valence-electron chi connectivity index (χ2n) is 3.51. The molecule has 8 heteroatoms. The minimum Gasteiger partial charge on any atom is -0.479 e. The monoisotopic (exact) mass is 264 g/mol. The average Bonchev–Trinajstić information content (AvgIpc) is 2.35. The zero-order valence-electron chi connectivity index (χ0n) is 10.6. The summed E-state index contributed by atoms with van der Waals surface area (Å²) in [6, 6.07) is -0.468. The largest absolute Gasteiger partial charge is 0.479 e. The second kappa shape index (κ2) is 9.63. The van der Waals surface area contributed by atoms with Crippen molar-refractivity contribution in [3.63, 3.8) is 0 Å². The molecule has 0 spiro atoms. The van der Waals surface area contributed by atoms with Crippen molar-refractivity contribution in [3.05, 3.63) is 0 Å². The predicted octanol–water partition coefficient (Wildman–Crippen LogP) is -1.26. The van der Waals surface area contributed by atoms with E-state index in [0.717, 1.165) is 0 Å². The number of methoxy groups -OCH3 is 2. The highest BCUT2D eigenvalue weighted by Gasteiger charge is 2.17. The molecule has 0 aromatic carbocycles. The van der Waals surface area contributed by atoms with Crippen LogP contribution < -0.4 is 5.32 Å². The average molecular weight is 264 g/mol. The van der Waals surface area contributed by atoms with Gasteiger partial charge in [-0.25, -0.2) is 9.59 Å². The lowest BCUT2D eigenvalue weighted by molar-refractivity contribution is -0.146. The van der Waals surface area contributed by atoms with E-state index in [1.165, 1.54) is 19.1 Å². The van der Waals surface area contributed by atoms with Crippen LogP contribution >= 0.6 is 0 Å². The number of carboxylic acids is 1. The first kappa shape index (κ1) is 16.6. The van der Waals surface area contributed by atoms with Gasteiger partial charge in [-0.05, 0) is 0 Å². The number of nitrogens with zero attached hydrogens (tertiary/aromatic N) is 1. The Morgan fingerprint density at radius 3 is 2.11 bits per heavy atom. The number of aliphatic carboxylic acids is 1. The summed E-state index contributed by atoms with van der Waals surface area (Å²) in [5.41, 5.74) is 0. The van der Waals surface area contributed by atoms with E-state index in [1.54, 1.807) is 0 Å². The molecule has 18 heavy (non-hydrogen) atoms. The number of hydrogen-bond donors (Lipinski definition) is 3. The number of carbonyl (C=O) groups is 2. The molecule has 1 unspecified atom stereocenters. The zero-order chi connectivity index (χ0) is 14.0. The molecule has 0 saturated heterocycles. The van der Waals surface area contributed by atoms with Crippen LogP contribution in [0.15, 0.2) is 0 Å². The molecule has 0 bridgehead atoms. The molecule has 3 N–H and O–H groups in total. The van der Waals surface area contributed by atoms with Gasteiger partial charge in [-0.15, -0.1) is 0 Å². The van der Waals surface area contributed by atoms with Gasteiger partial charge in [0.1, 0.15) is 0 Å². The van der Waals surface area contributed by atoms with E-state index < -0.39 is 18.1 Å². The van der Waals surface area contributed by atoms with Crippen molar-refractivity contribution in [2.24, 2.45) is 0 Å². The van der Waals surface area contributed by atoms with Crippen molar-refractivity contribution < 1.29 is 29.3 Å². The number of aliphatic hydroxyl groups is 1. The highest BCUT2D eigenvalue weighted by molar-refractivity contribution is 5.76. The second-order valence-corrected chi connectivity index (χ2v) is 3.51. The molecule has 0 aliphatic rings. The van der Waals surface area contributed by atoms with E-state index in [1.807, 2.05) is 0 Å². The lowest BCUT2D eigenvalue weighted by Crippen LogP contribution is -2.46. The molecule has 0 fully saturated rings. The van der Waals surface area contributed by atoms with E-state index in [0.29, 0.717) is 26.3 Å². The van der Waals surface area contributed by atoms with Crippen LogP contribution in [0.5, 0.6) is 0 Å². The number of urea groups is 1. The third kappa shape index (κ3) is 7.05. The van der Waals surface area contributed by atoms with Gasteiger partial charge in [-0.1, -0.05) is 0 Å². The first-order chi connectivity index (χ1) is 8.52. The van der Waals surface area contributed by atoms with Crippen LogP contribution in [-0.2, 0) is 14.3 Å². The van der Waals surface area contributed by atoms with Crippen LogP contribution in [0.4, 0.5) is 4.79 Å². The Balaban J connectivity index is 4.14. The number of nitrogens with one attached hydrogen (secondary N) is 1. The van der Waals surface area contributed by atoms with E-state index >= 15 is 0 Å². The summed E-state index contributed by atoms with van der Waals surface area (Å²) < 4.78 is 9.72. The molecule has 0 aromatic heterocycles. The third-order valence-electron chi connectivity index (χ3n) is 2.15.